The zero-order chi connectivity index (χ0) is 23.8. The van der Waals surface area contributed by atoms with Crippen molar-refractivity contribution in [1.29, 1.82) is 0 Å². The maximum Gasteiger partial charge on any atom is -0.109 e. The van der Waals surface area contributed by atoms with Crippen LogP contribution in [0.25, 0.3) is 21.5 Å². The van der Waals surface area contributed by atoms with E-state index in [2.05, 4.69) is 133 Å². The third-order valence-electron chi connectivity index (χ3n) is 5.88. The molecule has 0 aromatic heterocycles. The molecule has 1 aliphatic carbocycles. The first-order chi connectivity index (χ1) is 15.9. The molecule has 0 atom stereocenters. The molecule has 0 saturated heterocycles. The van der Waals surface area contributed by atoms with E-state index in [0.717, 1.165) is 6.42 Å². The summed E-state index contributed by atoms with van der Waals surface area (Å²) in [7, 11) is 0. The molecule has 0 heterocycles. The van der Waals surface area contributed by atoms with E-state index in [4.69, 9.17) is 0 Å². The SMILES string of the molecule is CC(C)c1ccc2c(c1)[cH-]c1cc(C(C)C)ccc12.C[C](=[Ti+2])c1ccccc1.[C-]1=CC=CC1.[Cl-].[Cl-]. The first-order valence-corrected chi connectivity index (χ1v) is 12.6. The van der Waals surface area contributed by atoms with E-state index >= 15 is 0 Å². The molecule has 182 valence electrons. The van der Waals surface area contributed by atoms with Gasteiger partial charge in [0.15, 0.2) is 0 Å². The van der Waals surface area contributed by atoms with Crippen molar-refractivity contribution in [3.8, 4) is 0 Å². The first-order valence-electron chi connectivity index (χ1n) is 11.8. The Kier molecular flexibility index (Phi) is 13.7. The largest absolute Gasteiger partial charge is 1.00 e. The molecular formula is C32H34Cl2Ti-2. The molecule has 0 bridgehead atoms. The summed E-state index contributed by atoms with van der Waals surface area (Å²) in [5.41, 5.74) is 4.18. The second-order valence-corrected chi connectivity index (χ2v) is 10.3. The molecule has 5 rings (SSSR count). The summed E-state index contributed by atoms with van der Waals surface area (Å²) < 4.78 is 1.37. The Bertz CT molecular complexity index is 1190. The summed E-state index contributed by atoms with van der Waals surface area (Å²) in [6.07, 6.45) is 10.0. The van der Waals surface area contributed by atoms with E-state index in [-0.39, 0.29) is 24.8 Å². The Hall–Kier alpha value is -1.83. The molecule has 4 aromatic rings. The van der Waals surface area contributed by atoms with Gasteiger partial charge in [0.05, 0.1) is 0 Å². The van der Waals surface area contributed by atoms with E-state index in [1.165, 1.54) is 42.0 Å². The Labute approximate surface area is 235 Å². The van der Waals surface area contributed by atoms with Crippen molar-refractivity contribution in [2.45, 2.75) is 52.9 Å². The molecule has 0 saturated carbocycles. The number of hydrogen-bond acceptors (Lipinski definition) is 0. The molecule has 0 aliphatic heterocycles. The summed E-state index contributed by atoms with van der Waals surface area (Å²) in [6.45, 7) is 11.1. The van der Waals surface area contributed by atoms with Crippen molar-refractivity contribution in [3.05, 3.63) is 114 Å². The van der Waals surface area contributed by atoms with Crippen LogP contribution < -0.4 is 24.8 Å². The summed E-state index contributed by atoms with van der Waals surface area (Å²) in [6, 6.07) is 26.5. The zero-order valence-electron chi connectivity index (χ0n) is 21.3. The number of allylic oxidation sites excluding steroid dienone is 4. The standard InChI is InChI=1S/C19H21.C8H8.C5H5.2ClH.Ti/c1-12(2)14-5-7-18-16(9-14)11-17-10-15(13(3)4)6-8-19(17)18;1-2-8-6-4-3-5-7-8;1-2-4-5-3-1;;;/h5-13H,1-4H3;3-7H,1H3;1-3H,4H2;2*1H;/q-1;;-1;;;+2/p-2. The molecule has 35 heavy (non-hydrogen) atoms. The molecule has 4 aromatic carbocycles. The number of halogens is 2. The Morgan fingerprint density at radius 3 is 1.63 bits per heavy atom. The normalized spacial score (nSPS) is 11.5. The Balaban J connectivity index is 0.000000319. The molecule has 0 N–H and O–H groups in total. The van der Waals surface area contributed by atoms with E-state index < -0.39 is 0 Å². The van der Waals surface area contributed by atoms with Gasteiger partial charge in [0, 0.05) is 0 Å². The van der Waals surface area contributed by atoms with Gasteiger partial charge in [0.1, 0.15) is 0 Å². The van der Waals surface area contributed by atoms with Crippen molar-refractivity contribution in [3.63, 3.8) is 0 Å². The van der Waals surface area contributed by atoms with Crippen LogP contribution in [-0.4, -0.2) is 3.81 Å². The van der Waals surface area contributed by atoms with Crippen LogP contribution in [0.4, 0.5) is 0 Å². The second-order valence-electron chi connectivity index (χ2n) is 9.14. The monoisotopic (exact) mass is 536 g/mol. The van der Waals surface area contributed by atoms with Gasteiger partial charge < -0.3 is 24.8 Å². The minimum absolute atomic E-state index is 0. The van der Waals surface area contributed by atoms with Gasteiger partial charge in [-0.15, -0.1) is 46.2 Å². The fourth-order valence-electron chi connectivity index (χ4n) is 3.81. The molecule has 0 unspecified atom stereocenters. The number of benzene rings is 3. The van der Waals surface area contributed by atoms with Gasteiger partial charge in [-0.1, -0.05) is 63.1 Å². The predicted molar refractivity (Wildman–Crippen MR) is 143 cm³/mol. The van der Waals surface area contributed by atoms with Crippen LogP contribution in [0.3, 0.4) is 0 Å². The molecule has 0 radical (unpaired) electrons. The van der Waals surface area contributed by atoms with Crippen molar-refractivity contribution < 1.29 is 44.8 Å². The molecular weight excluding hydrogens is 503 g/mol. The van der Waals surface area contributed by atoms with Crippen molar-refractivity contribution in [2.75, 3.05) is 0 Å². The second kappa shape index (κ2) is 15.3. The van der Waals surface area contributed by atoms with E-state index in [0.29, 0.717) is 11.8 Å². The van der Waals surface area contributed by atoms with Crippen molar-refractivity contribution in [1.82, 2.24) is 0 Å². The van der Waals surface area contributed by atoms with Crippen LogP contribution in [-0.2, 0) is 20.0 Å². The number of hydrogen-bond donors (Lipinski definition) is 0. The first kappa shape index (κ1) is 31.2. The van der Waals surface area contributed by atoms with Gasteiger partial charge in [0.2, 0.25) is 0 Å². The van der Waals surface area contributed by atoms with Crippen LogP contribution in [0, 0.1) is 6.08 Å². The van der Waals surface area contributed by atoms with Crippen LogP contribution >= 0.6 is 0 Å². The quantitative estimate of drug-likeness (QED) is 0.279. The maximum atomic E-state index is 2.99. The van der Waals surface area contributed by atoms with Crippen LogP contribution in [0.1, 0.15) is 69.6 Å². The fraction of sp³-hybridized carbons (Fsp3) is 0.250. The summed E-state index contributed by atoms with van der Waals surface area (Å²) in [5.74, 6) is 1.18. The van der Waals surface area contributed by atoms with Crippen LogP contribution in [0.15, 0.2) is 91.0 Å². The third kappa shape index (κ3) is 8.96. The maximum absolute atomic E-state index is 2.99. The van der Waals surface area contributed by atoms with Gasteiger partial charge in [-0.3, -0.25) is 6.08 Å². The molecule has 3 heteroatoms. The minimum Gasteiger partial charge on any atom is -1.00 e. The van der Waals surface area contributed by atoms with E-state index in [9.17, 15) is 0 Å². The number of fused-ring (bicyclic) bond motifs is 3. The van der Waals surface area contributed by atoms with Gasteiger partial charge in [-0.2, -0.15) is 6.08 Å². The molecule has 0 amide bonds. The Morgan fingerprint density at radius 2 is 1.31 bits per heavy atom. The van der Waals surface area contributed by atoms with Gasteiger partial charge in [0.25, 0.3) is 0 Å². The average molecular weight is 537 g/mol. The van der Waals surface area contributed by atoms with Gasteiger partial charge in [-0.25, -0.2) is 12.2 Å². The summed E-state index contributed by atoms with van der Waals surface area (Å²) in [4.78, 5) is 0. The summed E-state index contributed by atoms with van der Waals surface area (Å²) >= 11 is 2.12. The van der Waals surface area contributed by atoms with E-state index in [1.807, 2.05) is 18.2 Å². The summed E-state index contributed by atoms with van der Waals surface area (Å²) in [5, 5.41) is 5.52. The average Bonchev–Trinajstić information content (AvgIpc) is 3.50. The number of rotatable bonds is 3. The smallest absolute Gasteiger partial charge is 0.109 e. The van der Waals surface area contributed by atoms with Gasteiger partial charge in [-0.05, 0) is 11.8 Å². The topological polar surface area (TPSA) is 0 Å². The van der Waals surface area contributed by atoms with E-state index in [1.54, 1.807) is 0 Å². The molecule has 1 aliphatic rings. The predicted octanol–water partition coefficient (Wildman–Crippen LogP) is 3.05. The van der Waals surface area contributed by atoms with Crippen molar-refractivity contribution in [2.24, 2.45) is 0 Å². The molecule has 0 fully saturated rings. The third-order valence-corrected chi connectivity index (χ3v) is 6.33. The molecule has 0 spiro atoms. The van der Waals surface area contributed by atoms with Crippen LogP contribution in [0.2, 0.25) is 0 Å². The van der Waals surface area contributed by atoms with Gasteiger partial charge >= 0.3 is 66.6 Å². The Morgan fingerprint density at radius 1 is 0.800 bits per heavy atom. The van der Waals surface area contributed by atoms with Crippen molar-refractivity contribution >= 4 is 25.4 Å². The van der Waals surface area contributed by atoms with Crippen LogP contribution in [0.5, 0.6) is 0 Å². The minimum atomic E-state index is 0. The zero-order valence-corrected chi connectivity index (χ0v) is 24.4. The fourth-order valence-corrected chi connectivity index (χ4v) is 4.07. The molecule has 0 nitrogen and oxygen atoms in total.